The molecule has 198 valence electrons. The number of Topliss-reactive ketones (excluding diaryl/α,β-unsaturated/α-hetero) is 1. The second-order valence-corrected chi connectivity index (χ2v) is 9.35. The van der Waals surface area contributed by atoms with Crippen molar-refractivity contribution in [1.82, 2.24) is 0 Å². The number of esters is 1. The molecule has 0 saturated carbocycles. The van der Waals surface area contributed by atoms with Gasteiger partial charge in [0.25, 0.3) is 0 Å². The highest BCUT2D eigenvalue weighted by Crippen LogP contribution is 2.35. The molecule has 0 aliphatic heterocycles. The molecule has 0 amide bonds. The number of phenolic OH excluding ortho intramolecular Hbond substituents is 2. The van der Waals surface area contributed by atoms with E-state index < -0.39 is 12.1 Å². The summed E-state index contributed by atoms with van der Waals surface area (Å²) in [5.41, 5.74) is 1.76. The fourth-order valence-corrected chi connectivity index (χ4v) is 4.22. The number of aliphatic hydroxyl groups excluding tert-OH is 1. The molecule has 2 aromatic carbocycles. The zero-order valence-corrected chi connectivity index (χ0v) is 21.5. The number of methoxy groups -OCH3 is 1. The molecular formula is C28H38O8. The molecular weight excluding hydrogens is 464 g/mol. The lowest BCUT2D eigenvalue weighted by molar-refractivity contribution is -0.147. The van der Waals surface area contributed by atoms with Gasteiger partial charge in [0.05, 0.1) is 13.7 Å². The maximum atomic E-state index is 13.1. The molecule has 0 unspecified atom stereocenters. The second kappa shape index (κ2) is 14.3. The fraction of sp³-hybridized carbons (Fsp3) is 0.500. The normalized spacial score (nSPS) is 12.7. The van der Waals surface area contributed by atoms with Gasteiger partial charge in [-0.1, -0.05) is 26.0 Å². The van der Waals surface area contributed by atoms with E-state index >= 15 is 0 Å². The first kappa shape index (κ1) is 29.0. The SMILES string of the molecule is COc1cc([C@@H](CC(=O)C[C@@H](CCc2ccc(O)c(OCCO)c2)OC(C)=O)CC(C)C)ccc1O. The highest BCUT2D eigenvalue weighted by atomic mass is 16.5. The van der Waals surface area contributed by atoms with Crippen molar-refractivity contribution < 1.29 is 39.1 Å². The average Bonchev–Trinajstić information content (AvgIpc) is 2.81. The molecule has 0 radical (unpaired) electrons. The second-order valence-electron chi connectivity index (χ2n) is 9.35. The Bertz CT molecular complexity index is 1000. The maximum absolute atomic E-state index is 13.1. The Morgan fingerprint density at radius 1 is 0.972 bits per heavy atom. The molecule has 2 atom stereocenters. The number of aliphatic hydroxyl groups is 1. The van der Waals surface area contributed by atoms with Gasteiger partial charge < -0.3 is 29.5 Å². The lowest BCUT2D eigenvalue weighted by Crippen LogP contribution is -2.22. The third kappa shape index (κ3) is 9.41. The molecule has 2 aromatic rings. The number of aryl methyl sites for hydroxylation is 1. The van der Waals surface area contributed by atoms with Crippen molar-refractivity contribution >= 4 is 11.8 Å². The van der Waals surface area contributed by atoms with Crippen molar-refractivity contribution in [3.63, 3.8) is 0 Å². The van der Waals surface area contributed by atoms with E-state index in [-0.39, 0.29) is 55.0 Å². The van der Waals surface area contributed by atoms with E-state index in [2.05, 4.69) is 13.8 Å². The van der Waals surface area contributed by atoms with Gasteiger partial charge >= 0.3 is 5.97 Å². The Labute approximate surface area is 212 Å². The molecule has 0 saturated heterocycles. The Kier molecular flexibility index (Phi) is 11.5. The molecule has 0 fully saturated rings. The number of hydrogen-bond donors (Lipinski definition) is 3. The monoisotopic (exact) mass is 502 g/mol. The van der Waals surface area contributed by atoms with Gasteiger partial charge in [-0.3, -0.25) is 9.59 Å². The summed E-state index contributed by atoms with van der Waals surface area (Å²) < 4.78 is 16.0. The Hall–Kier alpha value is -3.26. The molecule has 2 rings (SSSR count). The first-order valence-corrected chi connectivity index (χ1v) is 12.2. The number of phenols is 2. The Balaban J connectivity index is 2.10. The molecule has 8 heteroatoms. The molecule has 0 aliphatic rings. The minimum atomic E-state index is -0.584. The molecule has 8 nitrogen and oxygen atoms in total. The van der Waals surface area contributed by atoms with Crippen molar-refractivity contribution in [3.8, 4) is 23.0 Å². The highest BCUT2D eigenvalue weighted by molar-refractivity contribution is 5.80. The Morgan fingerprint density at radius 3 is 2.31 bits per heavy atom. The minimum absolute atomic E-state index is 0.0170. The number of hydrogen-bond acceptors (Lipinski definition) is 8. The standard InChI is InChI=1S/C28H38O8/c1-18(2)13-22(21-7-10-25(32)27(16-21)34-4)15-23(31)17-24(36-19(3)30)8-5-20-6-9-26(33)28(14-20)35-12-11-29/h6-7,9-10,14,16,18,22,24,29,32-33H,5,8,11-13,15,17H2,1-4H3/t22-,24-/m1/s1. The van der Waals surface area contributed by atoms with E-state index in [0.29, 0.717) is 24.5 Å². The smallest absolute Gasteiger partial charge is 0.302 e. The number of carbonyl (C=O) groups is 2. The summed E-state index contributed by atoms with van der Waals surface area (Å²) in [5, 5.41) is 28.8. The van der Waals surface area contributed by atoms with Gasteiger partial charge in [0.1, 0.15) is 18.5 Å². The van der Waals surface area contributed by atoms with Gasteiger partial charge in [0.15, 0.2) is 23.0 Å². The van der Waals surface area contributed by atoms with E-state index in [9.17, 15) is 19.8 Å². The summed E-state index contributed by atoms with van der Waals surface area (Å²) in [4.78, 5) is 24.8. The van der Waals surface area contributed by atoms with Gasteiger partial charge in [-0.25, -0.2) is 0 Å². The molecule has 0 aliphatic carbocycles. The van der Waals surface area contributed by atoms with Gasteiger partial charge in [0.2, 0.25) is 0 Å². The molecule has 36 heavy (non-hydrogen) atoms. The first-order chi connectivity index (χ1) is 17.1. The first-order valence-electron chi connectivity index (χ1n) is 12.2. The minimum Gasteiger partial charge on any atom is -0.504 e. The van der Waals surface area contributed by atoms with Crippen molar-refractivity contribution in [1.29, 1.82) is 0 Å². The predicted molar refractivity (Wildman–Crippen MR) is 136 cm³/mol. The van der Waals surface area contributed by atoms with Crippen LogP contribution in [0.15, 0.2) is 36.4 Å². The highest BCUT2D eigenvalue weighted by Gasteiger charge is 2.23. The summed E-state index contributed by atoms with van der Waals surface area (Å²) in [6.07, 6.45) is 1.50. The summed E-state index contributed by atoms with van der Waals surface area (Å²) >= 11 is 0. The zero-order valence-electron chi connectivity index (χ0n) is 21.5. The molecule has 0 aromatic heterocycles. The van der Waals surface area contributed by atoms with Crippen LogP contribution in [0.3, 0.4) is 0 Å². The largest absolute Gasteiger partial charge is 0.504 e. The van der Waals surface area contributed by atoms with Crippen LogP contribution in [0, 0.1) is 5.92 Å². The summed E-state index contributed by atoms with van der Waals surface area (Å²) in [6.45, 7) is 5.39. The molecule has 0 spiro atoms. The number of ether oxygens (including phenoxy) is 3. The van der Waals surface area contributed by atoms with Crippen LogP contribution in [0.2, 0.25) is 0 Å². The lowest BCUT2D eigenvalue weighted by atomic mass is 9.85. The topological polar surface area (TPSA) is 123 Å². The summed E-state index contributed by atoms with van der Waals surface area (Å²) in [5.74, 6) is 0.470. The maximum Gasteiger partial charge on any atom is 0.302 e. The number of aromatic hydroxyl groups is 2. The van der Waals surface area contributed by atoms with Gasteiger partial charge in [-0.05, 0) is 66.5 Å². The van der Waals surface area contributed by atoms with Crippen LogP contribution >= 0.6 is 0 Å². The fourth-order valence-electron chi connectivity index (χ4n) is 4.22. The number of rotatable bonds is 15. The average molecular weight is 503 g/mol. The molecule has 0 heterocycles. The van der Waals surface area contributed by atoms with Crippen LogP contribution in [0.5, 0.6) is 23.0 Å². The van der Waals surface area contributed by atoms with Crippen molar-refractivity contribution in [3.05, 3.63) is 47.5 Å². The third-order valence-corrected chi connectivity index (χ3v) is 5.82. The molecule has 0 bridgehead atoms. The summed E-state index contributed by atoms with van der Waals surface area (Å²) in [7, 11) is 1.49. The van der Waals surface area contributed by atoms with E-state index in [0.717, 1.165) is 17.5 Å². The van der Waals surface area contributed by atoms with Crippen LogP contribution < -0.4 is 9.47 Å². The number of benzene rings is 2. The van der Waals surface area contributed by atoms with Crippen LogP contribution in [0.1, 0.15) is 63.5 Å². The Morgan fingerprint density at radius 2 is 1.67 bits per heavy atom. The van der Waals surface area contributed by atoms with Crippen LogP contribution in [0.25, 0.3) is 0 Å². The lowest BCUT2D eigenvalue weighted by Gasteiger charge is -2.22. The molecule has 3 N–H and O–H groups in total. The van der Waals surface area contributed by atoms with Crippen molar-refractivity contribution in [2.75, 3.05) is 20.3 Å². The van der Waals surface area contributed by atoms with Crippen LogP contribution in [-0.2, 0) is 20.7 Å². The van der Waals surface area contributed by atoms with Crippen molar-refractivity contribution in [2.24, 2.45) is 5.92 Å². The quantitative estimate of drug-likeness (QED) is 0.304. The van der Waals surface area contributed by atoms with Crippen LogP contribution in [0.4, 0.5) is 0 Å². The predicted octanol–water partition coefficient (Wildman–Crippen LogP) is 4.52. The summed E-state index contributed by atoms with van der Waals surface area (Å²) in [6, 6.07) is 10.1. The number of ketones is 1. The van der Waals surface area contributed by atoms with Gasteiger partial charge in [0, 0.05) is 19.8 Å². The van der Waals surface area contributed by atoms with Crippen molar-refractivity contribution in [2.45, 2.75) is 64.9 Å². The third-order valence-electron chi connectivity index (χ3n) is 5.82. The number of carbonyl (C=O) groups excluding carboxylic acids is 2. The van der Waals surface area contributed by atoms with E-state index in [1.165, 1.54) is 20.1 Å². The van der Waals surface area contributed by atoms with Crippen LogP contribution in [-0.4, -0.2) is 53.5 Å². The van der Waals surface area contributed by atoms with Gasteiger partial charge in [-0.2, -0.15) is 0 Å². The zero-order chi connectivity index (χ0) is 26.7. The van der Waals surface area contributed by atoms with E-state index in [1.807, 2.05) is 6.07 Å². The van der Waals surface area contributed by atoms with E-state index in [1.54, 1.807) is 24.3 Å². The van der Waals surface area contributed by atoms with Gasteiger partial charge in [-0.15, -0.1) is 0 Å². The van der Waals surface area contributed by atoms with E-state index in [4.69, 9.17) is 19.3 Å².